The van der Waals surface area contributed by atoms with E-state index < -0.39 is 11.3 Å². The molecule has 3 aromatic carbocycles. The quantitative estimate of drug-likeness (QED) is 0.559. The molecule has 0 N–H and O–H groups in total. The van der Waals surface area contributed by atoms with Gasteiger partial charge in [-0.3, -0.25) is 0 Å². The summed E-state index contributed by atoms with van der Waals surface area (Å²) in [4.78, 5) is 0. The molecule has 3 aromatic rings. The van der Waals surface area contributed by atoms with Gasteiger partial charge in [0.05, 0.1) is 0 Å². The zero-order chi connectivity index (χ0) is 16.3. The second-order valence-corrected chi connectivity index (χ2v) is 5.55. The minimum atomic E-state index is -3.23. The fraction of sp³-hybridized carbons (Fsp3) is 0.0952. The van der Waals surface area contributed by atoms with E-state index in [1.165, 1.54) is 0 Å². The van der Waals surface area contributed by atoms with Gasteiger partial charge in [-0.2, -0.15) is 0 Å². The summed E-state index contributed by atoms with van der Waals surface area (Å²) in [6, 6.07) is 26.6. The zero-order valence-corrected chi connectivity index (χ0v) is 12.6. The van der Waals surface area contributed by atoms with Gasteiger partial charge in [0.15, 0.2) is 0 Å². The van der Waals surface area contributed by atoms with Gasteiger partial charge in [-0.1, -0.05) is 91.0 Å². The van der Waals surface area contributed by atoms with E-state index in [-0.39, 0.29) is 0 Å². The molecule has 3 rings (SSSR count). The van der Waals surface area contributed by atoms with Gasteiger partial charge in [0.25, 0.3) is 5.92 Å². The van der Waals surface area contributed by atoms with Crippen LogP contribution in [0.5, 0.6) is 0 Å². The van der Waals surface area contributed by atoms with E-state index in [9.17, 15) is 8.78 Å². The molecule has 0 heterocycles. The summed E-state index contributed by atoms with van der Waals surface area (Å²) >= 11 is 0. The Morgan fingerprint density at radius 2 is 0.783 bits per heavy atom. The van der Waals surface area contributed by atoms with E-state index in [0.29, 0.717) is 16.7 Å². The van der Waals surface area contributed by atoms with E-state index in [0.717, 1.165) is 0 Å². The third-order valence-electron chi connectivity index (χ3n) is 4.17. The number of hydrogen-bond donors (Lipinski definition) is 0. The summed E-state index contributed by atoms with van der Waals surface area (Å²) in [6.07, 6.45) is 0. The van der Waals surface area contributed by atoms with Crippen molar-refractivity contribution >= 4 is 0 Å². The first kappa shape index (κ1) is 15.4. The number of halogens is 2. The number of benzene rings is 3. The molecule has 1 radical (unpaired) electrons. The van der Waals surface area contributed by atoms with Crippen LogP contribution in [-0.2, 0) is 5.41 Å². The van der Waals surface area contributed by atoms with Crippen LogP contribution in [0.25, 0.3) is 0 Å². The standard InChI is InChI=1S/C21H17F2/c1-20(22,23)21(17-11-5-2-6-12-17,18-13-7-3-8-14-18)19-15-9-4-10-16-19/h2-16H,1H2. The molecule has 0 atom stereocenters. The lowest BCUT2D eigenvalue weighted by Gasteiger charge is -2.40. The van der Waals surface area contributed by atoms with Gasteiger partial charge in [0.2, 0.25) is 0 Å². The van der Waals surface area contributed by atoms with Gasteiger partial charge in [-0.05, 0) is 16.7 Å². The molecule has 2 heteroatoms. The predicted molar refractivity (Wildman–Crippen MR) is 89.5 cm³/mol. The lowest BCUT2D eigenvalue weighted by molar-refractivity contribution is -0.000418. The molecule has 0 aromatic heterocycles. The van der Waals surface area contributed by atoms with E-state index in [4.69, 9.17) is 0 Å². The number of rotatable bonds is 4. The Kier molecular flexibility index (Phi) is 3.99. The van der Waals surface area contributed by atoms with Crippen molar-refractivity contribution in [1.82, 2.24) is 0 Å². The van der Waals surface area contributed by atoms with E-state index in [1.807, 2.05) is 18.2 Å². The third kappa shape index (κ3) is 2.55. The molecular weight excluding hydrogens is 290 g/mol. The van der Waals surface area contributed by atoms with Crippen molar-refractivity contribution in [2.24, 2.45) is 0 Å². The summed E-state index contributed by atoms with van der Waals surface area (Å²) in [5.74, 6) is -3.23. The van der Waals surface area contributed by atoms with Crippen molar-refractivity contribution < 1.29 is 8.78 Å². The highest BCUT2D eigenvalue weighted by Gasteiger charge is 2.53. The summed E-state index contributed by atoms with van der Waals surface area (Å²) in [5.41, 5.74) is -0.0521. The molecule has 115 valence electrons. The first-order valence-electron chi connectivity index (χ1n) is 7.46. The summed E-state index contributed by atoms with van der Waals surface area (Å²) in [6.45, 7) is 3.24. The maximum absolute atomic E-state index is 15.0. The lowest BCUT2D eigenvalue weighted by atomic mass is 9.65. The van der Waals surface area contributed by atoms with E-state index in [1.54, 1.807) is 72.8 Å². The van der Waals surface area contributed by atoms with Crippen LogP contribution in [0.1, 0.15) is 16.7 Å². The topological polar surface area (TPSA) is 0 Å². The lowest BCUT2D eigenvalue weighted by Crippen LogP contribution is -2.45. The van der Waals surface area contributed by atoms with Gasteiger partial charge in [-0.15, -0.1) is 0 Å². The van der Waals surface area contributed by atoms with Crippen molar-refractivity contribution in [3.63, 3.8) is 0 Å². The largest absolute Gasteiger partial charge is 0.265 e. The van der Waals surface area contributed by atoms with Crippen molar-refractivity contribution in [1.29, 1.82) is 0 Å². The predicted octanol–water partition coefficient (Wildman–Crippen LogP) is 5.49. The highest BCUT2D eigenvalue weighted by molar-refractivity contribution is 5.53. The van der Waals surface area contributed by atoms with Crippen LogP contribution in [0.4, 0.5) is 8.78 Å². The molecule has 0 saturated heterocycles. The van der Waals surface area contributed by atoms with E-state index >= 15 is 0 Å². The molecule has 23 heavy (non-hydrogen) atoms. The third-order valence-corrected chi connectivity index (χ3v) is 4.17. The Labute approximate surface area is 135 Å². The van der Waals surface area contributed by atoms with Crippen LogP contribution >= 0.6 is 0 Å². The fourth-order valence-corrected chi connectivity index (χ4v) is 3.20. The molecule has 0 saturated carbocycles. The van der Waals surface area contributed by atoms with Crippen LogP contribution < -0.4 is 0 Å². The zero-order valence-electron chi connectivity index (χ0n) is 12.6. The van der Waals surface area contributed by atoms with Crippen molar-refractivity contribution in [2.75, 3.05) is 0 Å². The monoisotopic (exact) mass is 307 g/mol. The number of hydrogen-bond acceptors (Lipinski definition) is 0. The van der Waals surface area contributed by atoms with Crippen LogP contribution in [0.15, 0.2) is 91.0 Å². The molecule has 0 aliphatic carbocycles. The average molecular weight is 307 g/mol. The fourth-order valence-electron chi connectivity index (χ4n) is 3.20. The highest BCUT2D eigenvalue weighted by Crippen LogP contribution is 2.49. The van der Waals surface area contributed by atoms with Gasteiger partial charge < -0.3 is 0 Å². The Bertz CT molecular complexity index is 647. The van der Waals surface area contributed by atoms with Gasteiger partial charge in [0.1, 0.15) is 5.41 Å². The van der Waals surface area contributed by atoms with Crippen LogP contribution in [0, 0.1) is 6.92 Å². The summed E-state index contributed by atoms with van der Waals surface area (Å²) < 4.78 is 30.0. The van der Waals surface area contributed by atoms with Gasteiger partial charge in [-0.25, -0.2) is 8.78 Å². The molecule has 0 aliphatic rings. The van der Waals surface area contributed by atoms with Crippen molar-refractivity contribution in [3.8, 4) is 0 Å². The SMILES string of the molecule is [CH2]C(F)(F)C(c1ccccc1)(c1ccccc1)c1ccccc1. The number of alkyl halides is 2. The first-order chi connectivity index (χ1) is 11.1. The molecule has 0 bridgehead atoms. The Morgan fingerprint density at radius 3 is 1.00 bits per heavy atom. The molecule has 0 spiro atoms. The maximum atomic E-state index is 15.0. The maximum Gasteiger partial charge on any atom is 0.265 e. The molecular formula is C21H17F2. The Hall–Kier alpha value is -2.48. The second-order valence-electron chi connectivity index (χ2n) is 5.55. The molecule has 0 aliphatic heterocycles. The molecule has 0 unspecified atom stereocenters. The smallest absolute Gasteiger partial charge is 0.205 e. The van der Waals surface area contributed by atoms with Gasteiger partial charge in [0, 0.05) is 6.92 Å². The van der Waals surface area contributed by atoms with Gasteiger partial charge >= 0.3 is 0 Å². The van der Waals surface area contributed by atoms with Crippen LogP contribution in [-0.4, -0.2) is 5.92 Å². The highest BCUT2D eigenvalue weighted by atomic mass is 19.3. The van der Waals surface area contributed by atoms with E-state index in [2.05, 4.69) is 6.92 Å². The summed E-state index contributed by atoms with van der Waals surface area (Å²) in [5, 5.41) is 0. The minimum absolute atomic E-state index is 0.525. The Morgan fingerprint density at radius 1 is 0.522 bits per heavy atom. The molecule has 0 nitrogen and oxygen atoms in total. The first-order valence-corrected chi connectivity index (χ1v) is 7.46. The van der Waals surface area contributed by atoms with Crippen LogP contribution in [0.2, 0.25) is 0 Å². The summed E-state index contributed by atoms with van der Waals surface area (Å²) in [7, 11) is 0. The molecule has 0 amide bonds. The van der Waals surface area contributed by atoms with Crippen LogP contribution in [0.3, 0.4) is 0 Å². The normalized spacial score (nSPS) is 12.1. The molecule has 0 fully saturated rings. The van der Waals surface area contributed by atoms with Crippen molar-refractivity contribution in [3.05, 3.63) is 115 Å². The van der Waals surface area contributed by atoms with Crippen molar-refractivity contribution in [2.45, 2.75) is 11.3 Å². The Balaban J connectivity index is 2.41. The average Bonchev–Trinajstić information content (AvgIpc) is 2.57. The minimum Gasteiger partial charge on any atom is -0.205 e. The second kappa shape index (κ2) is 5.96.